The number of carbonyl (C=O) groups excluding carboxylic acids is 3. The molecule has 1 atom stereocenters. The van der Waals surface area contributed by atoms with Crippen LogP contribution in [0.4, 0.5) is 0 Å². The molecule has 0 fully saturated rings. The van der Waals surface area contributed by atoms with Gasteiger partial charge in [0, 0.05) is 19.3 Å². The van der Waals surface area contributed by atoms with Gasteiger partial charge >= 0.3 is 17.9 Å². The van der Waals surface area contributed by atoms with Gasteiger partial charge in [0.05, 0.1) is 0 Å². The first-order chi connectivity index (χ1) is 28.0. The number of allylic oxidation sites excluding steroid dienone is 8. The first-order valence-electron chi connectivity index (χ1n) is 24.1. The highest BCUT2D eigenvalue weighted by molar-refractivity contribution is 5.71. The highest BCUT2D eigenvalue weighted by Gasteiger charge is 2.19. The fraction of sp³-hybridized carbons (Fsp3) is 0.784. The smallest absolute Gasteiger partial charge is 0.306 e. The van der Waals surface area contributed by atoms with Crippen molar-refractivity contribution >= 4 is 17.9 Å². The third kappa shape index (κ3) is 44.3. The van der Waals surface area contributed by atoms with E-state index in [1.54, 1.807) is 0 Å². The molecule has 0 N–H and O–H groups in total. The van der Waals surface area contributed by atoms with Crippen LogP contribution in [-0.4, -0.2) is 37.2 Å². The van der Waals surface area contributed by atoms with Gasteiger partial charge in [0.25, 0.3) is 0 Å². The minimum atomic E-state index is -0.780. The zero-order valence-corrected chi connectivity index (χ0v) is 37.6. The Hall–Kier alpha value is -2.63. The predicted molar refractivity (Wildman–Crippen MR) is 242 cm³/mol. The van der Waals surface area contributed by atoms with Crippen LogP contribution in [0.2, 0.25) is 0 Å². The van der Waals surface area contributed by atoms with E-state index in [0.717, 1.165) is 89.9 Å². The van der Waals surface area contributed by atoms with Crippen molar-refractivity contribution in [2.75, 3.05) is 13.2 Å². The molecule has 6 heteroatoms. The lowest BCUT2D eigenvalue weighted by molar-refractivity contribution is -0.167. The SMILES string of the molecule is CCCC/C=C\CCCCCCCC(=O)OC[C@@H](COC(=O)CCCCCC/C=C\C/C=C\C/C=C\CCCCC)OC(=O)CCCCCCCCCCCCC. The van der Waals surface area contributed by atoms with Gasteiger partial charge in [-0.2, -0.15) is 0 Å². The molecule has 0 aromatic carbocycles. The summed E-state index contributed by atoms with van der Waals surface area (Å²) in [5.74, 6) is -0.913. The zero-order chi connectivity index (χ0) is 41.5. The van der Waals surface area contributed by atoms with E-state index in [4.69, 9.17) is 14.2 Å². The molecule has 0 aliphatic heterocycles. The molecule has 0 aliphatic rings. The molecule has 6 nitrogen and oxygen atoms in total. The summed E-state index contributed by atoms with van der Waals surface area (Å²) in [6, 6.07) is 0. The summed E-state index contributed by atoms with van der Waals surface area (Å²) in [6.07, 6.45) is 53.7. The van der Waals surface area contributed by atoms with Gasteiger partial charge in [0.15, 0.2) is 6.10 Å². The molecule has 0 rings (SSSR count). The monoisotopic (exact) mass is 799 g/mol. The van der Waals surface area contributed by atoms with Crippen LogP contribution in [0.15, 0.2) is 48.6 Å². The maximum atomic E-state index is 12.7. The molecule has 0 unspecified atom stereocenters. The third-order valence-electron chi connectivity index (χ3n) is 10.3. The van der Waals surface area contributed by atoms with Gasteiger partial charge < -0.3 is 14.2 Å². The van der Waals surface area contributed by atoms with E-state index < -0.39 is 6.10 Å². The molecule has 330 valence electrons. The maximum absolute atomic E-state index is 12.7. The van der Waals surface area contributed by atoms with Crippen molar-refractivity contribution in [3.8, 4) is 0 Å². The minimum absolute atomic E-state index is 0.0834. The Morgan fingerprint density at radius 1 is 0.351 bits per heavy atom. The van der Waals surface area contributed by atoms with E-state index in [-0.39, 0.29) is 31.1 Å². The normalized spacial score (nSPS) is 12.4. The van der Waals surface area contributed by atoms with E-state index in [9.17, 15) is 14.4 Å². The summed E-state index contributed by atoms with van der Waals surface area (Å²) < 4.78 is 16.7. The molecule has 0 aromatic rings. The third-order valence-corrected chi connectivity index (χ3v) is 10.3. The first-order valence-corrected chi connectivity index (χ1v) is 24.1. The second-order valence-corrected chi connectivity index (χ2v) is 16.0. The van der Waals surface area contributed by atoms with E-state index in [1.165, 1.54) is 109 Å². The molecular weight excluding hydrogens is 709 g/mol. The molecule has 0 spiro atoms. The molecule has 0 saturated carbocycles. The van der Waals surface area contributed by atoms with Crippen molar-refractivity contribution in [3.05, 3.63) is 48.6 Å². The van der Waals surface area contributed by atoms with Gasteiger partial charge in [-0.15, -0.1) is 0 Å². The van der Waals surface area contributed by atoms with E-state index >= 15 is 0 Å². The van der Waals surface area contributed by atoms with Crippen LogP contribution < -0.4 is 0 Å². The molecule has 0 bridgehead atoms. The summed E-state index contributed by atoms with van der Waals surface area (Å²) in [4.78, 5) is 37.8. The van der Waals surface area contributed by atoms with Gasteiger partial charge in [0.1, 0.15) is 13.2 Å². The Morgan fingerprint density at radius 3 is 1.09 bits per heavy atom. The Labute approximate surface area is 352 Å². The molecule has 0 amide bonds. The number of esters is 3. The highest BCUT2D eigenvalue weighted by Crippen LogP contribution is 2.14. The van der Waals surface area contributed by atoms with Crippen LogP contribution >= 0.6 is 0 Å². The Balaban J connectivity index is 4.39. The zero-order valence-electron chi connectivity index (χ0n) is 37.6. The van der Waals surface area contributed by atoms with Gasteiger partial charge in [-0.25, -0.2) is 0 Å². The summed E-state index contributed by atoms with van der Waals surface area (Å²) in [5.41, 5.74) is 0. The van der Waals surface area contributed by atoms with Crippen LogP contribution in [0, 0.1) is 0 Å². The largest absolute Gasteiger partial charge is 0.462 e. The number of carbonyl (C=O) groups is 3. The summed E-state index contributed by atoms with van der Waals surface area (Å²) in [5, 5.41) is 0. The predicted octanol–water partition coefficient (Wildman–Crippen LogP) is 15.5. The lowest BCUT2D eigenvalue weighted by Gasteiger charge is -2.18. The van der Waals surface area contributed by atoms with Crippen molar-refractivity contribution in [1.29, 1.82) is 0 Å². The second kappa shape index (κ2) is 46.1. The standard InChI is InChI=1S/C51H90O6/c1-4-7-10-13-16-19-22-23-24-25-26-27-30-32-35-38-41-44-50(53)56-47-48(57-51(54)45-42-39-36-33-29-21-18-15-12-9-6-3)46-55-49(52)43-40-37-34-31-28-20-17-14-11-8-5-2/h14,16-17,19,23-24,26-27,48H,4-13,15,18,20-22,25,28-47H2,1-3H3/b17-14-,19-16-,24-23-,27-26-/t48-/m0/s1. The molecule has 0 saturated heterocycles. The average Bonchev–Trinajstić information content (AvgIpc) is 3.21. The molecule has 0 aliphatic carbocycles. The van der Waals surface area contributed by atoms with E-state index in [1.807, 2.05) is 0 Å². The summed E-state index contributed by atoms with van der Waals surface area (Å²) >= 11 is 0. The second-order valence-electron chi connectivity index (χ2n) is 16.0. The average molecular weight is 799 g/mol. The molecule has 0 aromatic heterocycles. The van der Waals surface area contributed by atoms with Crippen LogP contribution in [-0.2, 0) is 28.6 Å². The fourth-order valence-corrected chi connectivity index (χ4v) is 6.61. The van der Waals surface area contributed by atoms with Gasteiger partial charge in [-0.3, -0.25) is 14.4 Å². The van der Waals surface area contributed by atoms with Crippen molar-refractivity contribution in [2.24, 2.45) is 0 Å². The first kappa shape index (κ1) is 54.4. The van der Waals surface area contributed by atoms with Gasteiger partial charge in [-0.1, -0.05) is 191 Å². The Morgan fingerprint density at radius 2 is 0.649 bits per heavy atom. The van der Waals surface area contributed by atoms with Crippen LogP contribution in [0.25, 0.3) is 0 Å². The van der Waals surface area contributed by atoms with E-state index in [2.05, 4.69) is 69.4 Å². The van der Waals surface area contributed by atoms with Crippen LogP contribution in [0.3, 0.4) is 0 Å². The van der Waals surface area contributed by atoms with Crippen molar-refractivity contribution in [3.63, 3.8) is 0 Å². The molecular formula is C51H90O6. The van der Waals surface area contributed by atoms with Crippen molar-refractivity contribution in [1.82, 2.24) is 0 Å². The maximum Gasteiger partial charge on any atom is 0.306 e. The van der Waals surface area contributed by atoms with Gasteiger partial charge in [0.2, 0.25) is 0 Å². The number of rotatable bonds is 43. The molecule has 0 heterocycles. The summed E-state index contributed by atoms with van der Waals surface area (Å²) in [7, 11) is 0. The van der Waals surface area contributed by atoms with Gasteiger partial charge in [-0.05, 0) is 77.0 Å². The number of ether oxygens (including phenoxy) is 3. The number of hydrogen-bond acceptors (Lipinski definition) is 6. The quantitative estimate of drug-likeness (QED) is 0.0265. The topological polar surface area (TPSA) is 78.9 Å². The number of hydrogen-bond donors (Lipinski definition) is 0. The van der Waals surface area contributed by atoms with Crippen molar-refractivity contribution < 1.29 is 28.6 Å². The fourth-order valence-electron chi connectivity index (χ4n) is 6.61. The number of unbranched alkanes of at least 4 members (excludes halogenated alkanes) is 24. The Bertz CT molecular complexity index is 1010. The lowest BCUT2D eigenvalue weighted by Crippen LogP contribution is -2.30. The van der Waals surface area contributed by atoms with E-state index in [0.29, 0.717) is 19.3 Å². The Kier molecular flexibility index (Phi) is 43.9. The lowest BCUT2D eigenvalue weighted by atomic mass is 10.1. The summed E-state index contributed by atoms with van der Waals surface area (Å²) in [6.45, 7) is 6.53. The van der Waals surface area contributed by atoms with Crippen LogP contribution in [0.1, 0.15) is 239 Å². The molecule has 57 heavy (non-hydrogen) atoms. The highest BCUT2D eigenvalue weighted by atomic mass is 16.6. The van der Waals surface area contributed by atoms with Crippen molar-refractivity contribution in [2.45, 2.75) is 245 Å². The molecule has 0 radical (unpaired) electrons. The minimum Gasteiger partial charge on any atom is -0.462 e. The van der Waals surface area contributed by atoms with Crippen LogP contribution in [0.5, 0.6) is 0 Å².